The molecule has 0 aliphatic carbocycles. The first-order chi connectivity index (χ1) is 19.2. The van der Waals surface area contributed by atoms with Gasteiger partial charge in [0, 0.05) is 51.2 Å². The van der Waals surface area contributed by atoms with Crippen molar-refractivity contribution < 1.29 is 27.5 Å². The lowest BCUT2D eigenvalue weighted by atomic mass is 10.1. The number of methoxy groups -OCH3 is 1. The zero-order chi connectivity index (χ0) is 29.7. The summed E-state index contributed by atoms with van der Waals surface area (Å²) in [6.07, 6.45) is 0.424. The summed E-state index contributed by atoms with van der Waals surface area (Å²) < 4.78 is 41.6. The van der Waals surface area contributed by atoms with E-state index in [1.807, 2.05) is 24.3 Å². The van der Waals surface area contributed by atoms with E-state index in [4.69, 9.17) is 31.7 Å². The van der Waals surface area contributed by atoms with Crippen LogP contribution in [-0.2, 0) is 29.1 Å². The smallest absolute Gasteiger partial charge is 0.325 e. The normalized spacial score (nSPS) is 11.8. The highest BCUT2D eigenvalue weighted by Gasteiger charge is 2.30. The third-order valence-corrected chi connectivity index (χ3v) is 8.32. The molecule has 1 atom stereocenters. The molecule has 1 aromatic heterocycles. The van der Waals surface area contributed by atoms with E-state index in [2.05, 4.69) is 9.71 Å². The fraction of sp³-hybridized carbons (Fsp3) is 0.400. The number of ether oxygens (including phenoxy) is 2. The topological polar surface area (TPSA) is 214 Å². The van der Waals surface area contributed by atoms with Crippen molar-refractivity contribution in [3.05, 3.63) is 42.5 Å². The Morgan fingerprint density at radius 2 is 1.82 bits per heavy atom. The van der Waals surface area contributed by atoms with Crippen LogP contribution >= 0.6 is 11.3 Å². The summed E-state index contributed by atoms with van der Waals surface area (Å²) in [6.45, 7) is 1.91. The monoisotopic (exact) mass is 591 g/mol. The molecular formula is C25H33N7O6S2. The van der Waals surface area contributed by atoms with Crippen molar-refractivity contribution in [2.24, 2.45) is 16.5 Å². The zero-order valence-corrected chi connectivity index (χ0v) is 23.9. The van der Waals surface area contributed by atoms with E-state index in [1.165, 1.54) is 18.1 Å². The van der Waals surface area contributed by atoms with E-state index in [0.29, 0.717) is 6.42 Å². The molecule has 0 fully saturated rings. The van der Waals surface area contributed by atoms with E-state index in [0.717, 1.165) is 20.2 Å². The number of nitrogens with two attached hydrogens (primary N) is 2. The number of hydrogen-bond acceptors (Lipinski definition) is 10. The van der Waals surface area contributed by atoms with Crippen molar-refractivity contribution in [1.82, 2.24) is 9.62 Å². The van der Waals surface area contributed by atoms with Gasteiger partial charge in [-0.05, 0) is 44.0 Å². The number of thiophene rings is 1. The van der Waals surface area contributed by atoms with Crippen LogP contribution in [0.25, 0.3) is 20.2 Å². The molecule has 3 rings (SSSR count). The third kappa shape index (κ3) is 8.85. The van der Waals surface area contributed by atoms with Gasteiger partial charge in [-0.25, -0.2) is 8.42 Å². The molecule has 40 heavy (non-hydrogen) atoms. The number of hydrogen-bond donors (Lipinski definition) is 3. The van der Waals surface area contributed by atoms with Gasteiger partial charge >= 0.3 is 5.97 Å². The van der Waals surface area contributed by atoms with Crippen LogP contribution in [0.1, 0.15) is 19.8 Å². The average molecular weight is 592 g/mol. The largest absolute Gasteiger partial charge is 0.465 e. The second-order valence-electron chi connectivity index (χ2n) is 8.44. The van der Waals surface area contributed by atoms with E-state index < -0.39 is 27.9 Å². The number of esters is 1. The molecule has 0 saturated heterocycles. The number of rotatable bonds is 14. The summed E-state index contributed by atoms with van der Waals surface area (Å²) in [4.78, 5) is 30.8. The lowest BCUT2D eigenvalue weighted by molar-refractivity contribution is -0.149. The lowest BCUT2D eigenvalue weighted by Crippen LogP contribution is -2.51. The summed E-state index contributed by atoms with van der Waals surface area (Å²) in [5, 5.41) is 13.8. The van der Waals surface area contributed by atoms with E-state index >= 15 is 0 Å². The highest BCUT2D eigenvalue weighted by atomic mass is 32.2. The molecule has 1 amide bonds. The standard InChI is InChI=1S/C25H33N5O6S2.N2/c1-3-36-23(31)16-30(13-14-35-2)24(32)20(8-6-12-28-25(26)27)29-38(33,34)17-10-11-22-19(15-17)18-7-4-5-9-21(18)37-22;1-2/h4-5,7,9-11,15,20,29H,3,6,8,12-14,16H2,1-2H3,(H4,26,27,28);/t20-;/m0./s1. The molecule has 0 bridgehead atoms. The minimum Gasteiger partial charge on any atom is -0.465 e. The van der Waals surface area contributed by atoms with Crippen molar-refractivity contribution >= 4 is 59.4 Å². The van der Waals surface area contributed by atoms with Crippen LogP contribution < -0.4 is 16.2 Å². The number of aliphatic imine (C=N–C) groups is 1. The van der Waals surface area contributed by atoms with Gasteiger partial charge < -0.3 is 25.8 Å². The summed E-state index contributed by atoms with van der Waals surface area (Å²) in [5.41, 5.74) is 10.8. The van der Waals surface area contributed by atoms with Crippen molar-refractivity contribution in [2.45, 2.75) is 30.7 Å². The first kappa shape index (κ1) is 32.4. The van der Waals surface area contributed by atoms with Gasteiger partial charge in [-0.15, -0.1) is 11.3 Å². The molecule has 0 aliphatic rings. The lowest BCUT2D eigenvalue weighted by Gasteiger charge is -2.27. The average Bonchev–Trinajstić information content (AvgIpc) is 3.31. The van der Waals surface area contributed by atoms with Gasteiger partial charge in [0.2, 0.25) is 15.9 Å². The van der Waals surface area contributed by atoms with Crippen LogP contribution in [0.5, 0.6) is 0 Å². The number of carbonyl (C=O) groups excluding carboxylic acids is 2. The molecular weight excluding hydrogens is 558 g/mol. The molecule has 5 N–H and O–H groups in total. The van der Waals surface area contributed by atoms with Crippen molar-refractivity contribution in [2.75, 3.05) is 40.0 Å². The van der Waals surface area contributed by atoms with Crippen LogP contribution in [-0.4, -0.2) is 77.2 Å². The molecule has 13 nitrogen and oxygen atoms in total. The first-order valence-corrected chi connectivity index (χ1v) is 14.6. The summed E-state index contributed by atoms with van der Waals surface area (Å²) >= 11 is 1.57. The molecule has 1 heterocycles. The number of nitrogens with one attached hydrogen (secondary N) is 1. The molecule has 0 radical (unpaired) electrons. The van der Waals surface area contributed by atoms with Crippen LogP contribution in [0.15, 0.2) is 52.4 Å². The molecule has 0 unspecified atom stereocenters. The second kappa shape index (κ2) is 15.7. The maximum atomic E-state index is 13.5. The summed E-state index contributed by atoms with van der Waals surface area (Å²) in [6, 6.07) is 11.5. The van der Waals surface area contributed by atoms with Gasteiger partial charge in [-0.3, -0.25) is 14.6 Å². The fourth-order valence-electron chi connectivity index (χ4n) is 3.92. The highest BCUT2D eigenvalue weighted by Crippen LogP contribution is 2.34. The van der Waals surface area contributed by atoms with Gasteiger partial charge in [0.05, 0.1) is 18.1 Å². The van der Waals surface area contributed by atoms with Crippen LogP contribution in [0.3, 0.4) is 0 Å². The first-order valence-electron chi connectivity index (χ1n) is 12.3. The maximum Gasteiger partial charge on any atom is 0.325 e. The Morgan fingerprint density at radius 3 is 2.50 bits per heavy atom. The number of benzene rings is 2. The quantitative estimate of drug-likeness (QED) is 0.0812. The maximum absolute atomic E-state index is 13.5. The van der Waals surface area contributed by atoms with Crippen molar-refractivity contribution in [3.8, 4) is 0 Å². The number of carbonyl (C=O) groups is 2. The van der Waals surface area contributed by atoms with Crippen LogP contribution in [0.4, 0.5) is 0 Å². The minimum atomic E-state index is -4.11. The minimum absolute atomic E-state index is 0.0319. The highest BCUT2D eigenvalue weighted by molar-refractivity contribution is 7.89. The Balaban J connectivity index is 0.00000274. The van der Waals surface area contributed by atoms with Crippen LogP contribution in [0, 0.1) is 10.8 Å². The number of guanidine groups is 1. The van der Waals surface area contributed by atoms with E-state index in [1.54, 1.807) is 30.4 Å². The van der Waals surface area contributed by atoms with Gasteiger partial charge in [0.1, 0.15) is 12.6 Å². The molecule has 3 aromatic rings. The summed E-state index contributed by atoms with van der Waals surface area (Å²) in [7, 11) is -2.65. The van der Waals surface area contributed by atoms with Gasteiger partial charge in [0.25, 0.3) is 0 Å². The second-order valence-corrected chi connectivity index (χ2v) is 11.2. The molecule has 15 heteroatoms. The van der Waals surface area contributed by atoms with Gasteiger partial charge in [0.15, 0.2) is 5.96 Å². The zero-order valence-electron chi connectivity index (χ0n) is 22.3. The Hall–Kier alpha value is -3.84. The molecule has 216 valence electrons. The van der Waals surface area contributed by atoms with Gasteiger partial charge in [-0.1, -0.05) is 18.2 Å². The predicted molar refractivity (Wildman–Crippen MR) is 152 cm³/mol. The van der Waals surface area contributed by atoms with Gasteiger partial charge in [-0.2, -0.15) is 4.72 Å². The Labute approximate surface area is 236 Å². The van der Waals surface area contributed by atoms with E-state index in [9.17, 15) is 18.0 Å². The Morgan fingerprint density at radius 1 is 1.12 bits per heavy atom. The SMILES string of the molecule is CCOC(=O)CN(CCOC)C(=O)[C@H](CCCN=C(N)N)NS(=O)(=O)c1ccc2sc3ccccc3c2c1.N#N. The molecule has 2 aromatic carbocycles. The number of nitrogens with zero attached hydrogens (tertiary/aromatic N) is 4. The molecule has 0 aliphatic heterocycles. The van der Waals surface area contributed by atoms with Crippen molar-refractivity contribution in [3.63, 3.8) is 0 Å². The number of sulfonamides is 1. The number of amides is 1. The molecule has 0 saturated carbocycles. The van der Waals surface area contributed by atoms with E-state index in [-0.39, 0.29) is 50.1 Å². The fourth-order valence-corrected chi connectivity index (χ4v) is 6.25. The summed E-state index contributed by atoms with van der Waals surface area (Å²) in [5.74, 6) is -1.28. The van der Waals surface area contributed by atoms with Crippen molar-refractivity contribution in [1.29, 1.82) is 10.8 Å². The van der Waals surface area contributed by atoms with Crippen LogP contribution in [0.2, 0.25) is 0 Å². The number of fused-ring (bicyclic) bond motifs is 3. The Bertz CT molecular complexity index is 1450. The Kier molecular flexibility index (Phi) is 12.7. The third-order valence-electron chi connectivity index (χ3n) is 5.70. The molecule has 0 spiro atoms. The predicted octanol–water partition coefficient (Wildman–Crippen LogP) is 1.82.